The van der Waals surface area contributed by atoms with Crippen LogP contribution in [0.5, 0.6) is 0 Å². The van der Waals surface area contributed by atoms with Gasteiger partial charge in [-0.15, -0.1) is 0 Å². The van der Waals surface area contributed by atoms with Crippen molar-refractivity contribution < 1.29 is 18.1 Å². The Morgan fingerprint density at radius 3 is 2.76 bits per heavy atom. The van der Waals surface area contributed by atoms with Gasteiger partial charge in [-0.1, -0.05) is 0 Å². The van der Waals surface area contributed by atoms with Crippen molar-refractivity contribution in [1.82, 2.24) is 9.29 Å². The van der Waals surface area contributed by atoms with Gasteiger partial charge in [0.2, 0.25) is 10.0 Å². The van der Waals surface area contributed by atoms with Crippen molar-refractivity contribution in [1.29, 1.82) is 0 Å². The van der Waals surface area contributed by atoms with Gasteiger partial charge in [0.1, 0.15) is 10.7 Å². The monoisotopic (exact) mass is 313 g/mol. The van der Waals surface area contributed by atoms with Gasteiger partial charge in [0.05, 0.1) is 0 Å². The average Bonchev–Trinajstić information content (AvgIpc) is 2.86. The molecule has 1 atom stereocenters. The maximum atomic E-state index is 12.5. The van der Waals surface area contributed by atoms with Crippen LogP contribution in [0.4, 0.5) is 5.82 Å². The Kier molecular flexibility index (Phi) is 4.33. The summed E-state index contributed by atoms with van der Waals surface area (Å²) in [6, 6.07) is 1.88. The molecule has 1 fully saturated rings. The number of nitro groups is 1. The molecule has 9 heteroatoms. The number of carbonyl (C=O) groups is 1. The molecule has 0 N–H and O–H groups in total. The first-order chi connectivity index (χ1) is 9.82. The Morgan fingerprint density at radius 1 is 1.52 bits per heavy atom. The lowest BCUT2D eigenvalue weighted by molar-refractivity contribution is -0.389. The summed E-state index contributed by atoms with van der Waals surface area (Å²) in [5, 5.41) is 10.5. The van der Waals surface area contributed by atoms with Gasteiger partial charge < -0.3 is 10.1 Å². The fraction of sp³-hybridized carbons (Fsp3) is 0.500. The largest absolute Gasteiger partial charge is 0.363 e. The van der Waals surface area contributed by atoms with Gasteiger partial charge in [0, 0.05) is 25.1 Å². The van der Waals surface area contributed by atoms with Crippen molar-refractivity contribution in [3.05, 3.63) is 28.4 Å². The first kappa shape index (κ1) is 15.5. The van der Waals surface area contributed by atoms with Crippen LogP contribution in [0, 0.1) is 10.1 Å². The van der Waals surface area contributed by atoms with Crippen molar-refractivity contribution in [3.8, 4) is 0 Å². The molecule has 0 amide bonds. The van der Waals surface area contributed by atoms with E-state index in [0.717, 1.165) is 12.3 Å². The predicted octanol–water partition coefficient (Wildman–Crippen LogP) is 1.12. The lowest BCUT2D eigenvalue weighted by atomic mass is 10.1. The minimum absolute atomic E-state index is 0.0658. The van der Waals surface area contributed by atoms with E-state index in [1.165, 1.54) is 17.3 Å². The zero-order chi connectivity index (χ0) is 15.6. The van der Waals surface area contributed by atoms with E-state index < -0.39 is 20.8 Å². The molecular formula is C12H15N3O5S. The molecule has 0 spiro atoms. The maximum absolute atomic E-state index is 12.5. The summed E-state index contributed by atoms with van der Waals surface area (Å²) in [4.78, 5) is 24.5. The molecule has 2 rings (SSSR count). The summed E-state index contributed by atoms with van der Waals surface area (Å²) in [7, 11) is -3.78. The van der Waals surface area contributed by atoms with Crippen molar-refractivity contribution in [2.45, 2.75) is 37.1 Å². The second-order valence-corrected chi connectivity index (χ2v) is 6.82. The Hall–Kier alpha value is -1.87. The zero-order valence-corrected chi connectivity index (χ0v) is 12.2. The highest BCUT2D eigenvalue weighted by Gasteiger charge is 2.36. The van der Waals surface area contributed by atoms with E-state index in [9.17, 15) is 23.3 Å². The van der Waals surface area contributed by atoms with E-state index in [2.05, 4.69) is 4.98 Å². The van der Waals surface area contributed by atoms with E-state index in [4.69, 9.17) is 0 Å². The van der Waals surface area contributed by atoms with Crippen molar-refractivity contribution in [3.63, 3.8) is 0 Å². The van der Waals surface area contributed by atoms with Crippen LogP contribution in [-0.4, -0.2) is 41.0 Å². The molecule has 0 aromatic carbocycles. The van der Waals surface area contributed by atoms with E-state index in [0.29, 0.717) is 19.4 Å². The molecule has 21 heavy (non-hydrogen) atoms. The zero-order valence-electron chi connectivity index (χ0n) is 11.4. The van der Waals surface area contributed by atoms with Crippen molar-refractivity contribution >= 4 is 21.6 Å². The maximum Gasteiger partial charge on any atom is 0.363 e. The number of aromatic nitrogens is 1. The normalized spacial score (nSPS) is 19.6. The number of pyridine rings is 1. The first-order valence-electron chi connectivity index (χ1n) is 6.44. The number of carbonyl (C=O) groups excluding carboxylic acids is 1. The molecule has 0 bridgehead atoms. The number of nitrogens with zero attached hydrogens (tertiary/aromatic N) is 3. The van der Waals surface area contributed by atoms with E-state index in [1.54, 1.807) is 0 Å². The van der Waals surface area contributed by atoms with E-state index in [-0.39, 0.29) is 23.1 Å². The summed E-state index contributed by atoms with van der Waals surface area (Å²) < 4.78 is 26.3. The number of hydrogen-bond acceptors (Lipinski definition) is 6. The Balaban J connectivity index is 2.28. The molecule has 1 aromatic heterocycles. The van der Waals surface area contributed by atoms with Crippen LogP contribution >= 0.6 is 0 Å². The Bertz CT molecular complexity index is 656. The Morgan fingerprint density at radius 2 is 2.24 bits per heavy atom. The van der Waals surface area contributed by atoms with Crippen LogP contribution in [0.1, 0.15) is 26.2 Å². The molecule has 1 aliphatic heterocycles. The first-order valence-corrected chi connectivity index (χ1v) is 7.88. The van der Waals surface area contributed by atoms with Gasteiger partial charge in [-0.25, -0.2) is 8.42 Å². The number of rotatable bonds is 5. The van der Waals surface area contributed by atoms with E-state index >= 15 is 0 Å². The summed E-state index contributed by atoms with van der Waals surface area (Å²) in [5.41, 5.74) is 0. The van der Waals surface area contributed by atoms with Gasteiger partial charge in [-0.2, -0.15) is 4.31 Å². The minimum atomic E-state index is -3.78. The van der Waals surface area contributed by atoms with Gasteiger partial charge in [-0.3, -0.25) is 4.79 Å². The summed E-state index contributed by atoms with van der Waals surface area (Å²) in [6.07, 6.45) is 2.49. The summed E-state index contributed by atoms with van der Waals surface area (Å²) >= 11 is 0. The van der Waals surface area contributed by atoms with Crippen molar-refractivity contribution in [2.24, 2.45) is 0 Å². The van der Waals surface area contributed by atoms with Crippen LogP contribution in [0.2, 0.25) is 0 Å². The van der Waals surface area contributed by atoms with Crippen molar-refractivity contribution in [2.75, 3.05) is 6.54 Å². The smallest absolute Gasteiger partial charge is 0.358 e. The molecule has 0 saturated carbocycles. The lowest BCUT2D eigenvalue weighted by Gasteiger charge is -2.22. The Labute approximate surface area is 122 Å². The van der Waals surface area contributed by atoms with Gasteiger partial charge in [0.15, 0.2) is 6.20 Å². The SMILES string of the molecule is CC(=O)CC1CCCN1S(=O)(=O)c1ccc([N+](=O)[O-])nc1. The highest BCUT2D eigenvalue weighted by atomic mass is 32.2. The molecule has 1 aliphatic rings. The fourth-order valence-corrected chi connectivity index (χ4v) is 4.07. The van der Waals surface area contributed by atoms with Crippen LogP contribution in [-0.2, 0) is 14.8 Å². The minimum Gasteiger partial charge on any atom is -0.358 e. The third-order valence-electron chi connectivity index (χ3n) is 3.36. The van der Waals surface area contributed by atoms with Crippen LogP contribution in [0.25, 0.3) is 0 Å². The molecule has 1 aromatic rings. The van der Waals surface area contributed by atoms with Gasteiger partial charge >= 0.3 is 5.82 Å². The van der Waals surface area contributed by atoms with Crippen LogP contribution in [0.3, 0.4) is 0 Å². The fourth-order valence-electron chi connectivity index (χ4n) is 2.43. The third-order valence-corrected chi connectivity index (χ3v) is 5.30. The van der Waals surface area contributed by atoms with Crippen LogP contribution in [0.15, 0.2) is 23.2 Å². The number of sulfonamides is 1. The number of ketones is 1. The number of hydrogen-bond donors (Lipinski definition) is 0. The van der Waals surface area contributed by atoms with Gasteiger partial charge in [-0.05, 0) is 35.7 Å². The topological polar surface area (TPSA) is 110 Å². The highest BCUT2D eigenvalue weighted by Crippen LogP contribution is 2.28. The molecule has 1 saturated heterocycles. The third kappa shape index (κ3) is 3.24. The summed E-state index contributed by atoms with van der Waals surface area (Å²) in [5.74, 6) is -0.473. The molecule has 0 aliphatic carbocycles. The number of Topliss-reactive ketones (excluding diaryl/α,β-unsaturated/α-hetero) is 1. The second kappa shape index (κ2) is 5.86. The molecule has 2 heterocycles. The second-order valence-electron chi connectivity index (χ2n) is 4.93. The molecule has 8 nitrogen and oxygen atoms in total. The highest BCUT2D eigenvalue weighted by molar-refractivity contribution is 7.89. The molecular weight excluding hydrogens is 298 g/mol. The van der Waals surface area contributed by atoms with E-state index in [1.807, 2.05) is 0 Å². The molecule has 114 valence electrons. The van der Waals surface area contributed by atoms with Crippen LogP contribution < -0.4 is 0 Å². The lowest BCUT2D eigenvalue weighted by Crippen LogP contribution is -2.36. The van der Waals surface area contributed by atoms with Gasteiger partial charge in [0.25, 0.3) is 0 Å². The standard InChI is InChI=1S/C12H15N3O5S/c1-9(16)7-10-3-2-6-14(10)21(19,20)11-4-5-12(13-8-11)15(17)18/h4-5,8,10H,2-3,6-7H2,1H3. The average molecular weight is 313 g/mol. The molecule has 1 unspecified atom stereocenters. The summed E-state index contributed by atoms with van der Waals surface area (Å²) in [6.45, 7) is 1.77. The molecule has 0 radical (unpaired) electrons. The quantitative estimate of drug-likeness (QED) is 0.595. The predicted molar refractivity (Wildman–Crippen MR) is 73.1 cm³/mol.